The predicted molar refractivity (Wildman–Crippen MR) is 75.1 cm³/mol. The van der Waals surface area contributed by atoms with E-state index in [1.165, 1.54) is 12.1 Å². The lowest BCUT2D eigenvalue weighted by molar-refractivity contribution is 0.0565. The van der Waals surface area contributed by atoms with E-state index in [0.29, 0.717) is 0 Å². The monoisotopic (exact) mass is 334 g/mol. The molecule has 0 aliphatic carbocycles. The van der Waals surface area contributed by atoms with Gasteiger partial charge in [0.1, 0.15) is 10.5 Å². The van der Waals surface area contributed by atoms with Crippen molar-refractivity contribution in [1.29, 1.82) is 0 Å². The summed E-state index contributed by atoms with van der Waals surface area (Å²) in [5, 5.41) is 0. The molecule has 0 aromatic heterocycles. The van der Waals surface area contributed by atoms with Crippen molar-refractivity contribution < 1.29 is 26.4 Å². The maximum Gasteiger partial charge on any atom is 0.445 e. The van der Waals surface area contributed by atoms with E-state index in [0.717, 1.165) is 18.4 Å². The minimum Gasteiger partial charge on any atom is -0.442 e. The van der Waals surface area contributed by atoms with Crippen molar-refractivity contribution in [2.75, 3.05) is 6.26 Å². The third-order valence-electron chi connectivity index (χ3n) is 2.11. The zero-order valence-electron chi connectivity index (χ0n) is 12.0. The third kappa shape index (κ3) is 5.01. The van der Waals surface area contributed by atoms with Gasteiger partial charge in [-0.05, 0) is 32.9 Å². The molecule has 0 saturated heterocycles. The zero-order chi connectivity index (χ0) is 16.5. The van der Waals surface area contributed by atoms with E-state index < -0.39 is 41.3 Å². The Labute approximate surface area is 124 Å². The van der Waals surface area contributed by atoms with Gasteiger partial charge in [-0.15, -0.1) is 0 Å². The molecule has 1 aromatic carbocycles. The standard InChI is InChI=1S/C12H16NO6S2/c1-12(2,3)19-11(14)13-21(17,18)10-8-6-5-7-9(10)20(4,15)16/h5-8H,1-4H3. The maximum atomic E-state index is 12.1. The molecule has 0 atom stereocenters. The smallest absolute Gasteiger partial charge is 0.442 e. The Morgan fingerprint density at radius 1 is 1.05 bits per heavy atom. The van der Waals surface area contributed by atoms with E-state index in [-0.39, 0.29) is 0 Å². The number of nitrogens with zero attached hydrogens (tertiary/aromatic N) is 1. The van der Waals surface area contributed by atoms with Gasteiger partial charge < -0.3 is 4.74 Å². The van der Waals surface area contributed by atoms with Gasteiger partial charge in [-0.25, -0.2) is 13.2 Å². The fourth-order valence-corrected chi connectivity index (χ4v) is 3.83. The molecule has 1 radical (unpaired) electrons. The van der Waals surface area contributed by atoms with Gasteiger partial charge in [0.15, 0.2) is 9.84 Å². The Balaban J connectivity index is 3.19. The van der Waals surface area contributed by atoms with Crippen LogP contribution in [0.4, 0.5) is 4.79 Å². The highest BCUT2D eigenvalue weighted by molar-refractivity contribution is 7.93. The van der Waals surface area contributed by atoms with Crippen molar-refractivity contribution in [2.45, 2.75) is 36.2 Å². The third-order valence-corrected chi connectivity index (χ3v) is 4.70. The number of carbonyl (C=O) groups excluding carboxylic acids is 1. The van der Waals surface area contributed by atoms with Gasteiger partial charge in [0.25, 0.3) is 10.0 Å². The number of benzene rings is 1. The van der Waals surface area contributed by atoms with Crippen LogP contribution in [0.25, 0.3) is 0 Å². The second-order valence-electron chi connectivity index (χ2n) is 5.27. The van der Waals surface area contributed by atoms with E-state index >= 15 is 0 Å². The Morgan fingerprint density at radius 2 is 1.52 bits per heavy atom. The summed E-state index contributed by atoms with van der Waals surface area (Å²) in [6.45, 7) is 4.66. The van der Waals surface area contributed by atoms with E-state index in [1.54, 1.807) is 20.8 Å². The average molecular weight is 334 g/mol. The molecule has 7 nitrogen and oxygen atoms in total. The van der Waals surface area contributed by atoms with Crippen LogP contribution in [0.1, 0.15) is 20.8 Å². The van der Waals surface area contributed by atoms with Crippen LogP contribution in [0.5, 0.6) is 0 Å². The van der Waals surface area contributed by atoms with E-state index in [1.807, 2.05) is 0 Å². The molecule has 0 aliphatic rings. The van der Waals surface area contributed by atoms with Crippen molar-refractivity contribution in [3.8, 4) is 0 Å². The van der Waals surface area contributed by atoms with Crippen LogP contribution in [-0.4, -0.2) is 34.8 Å². The van der Waals surface area contributed by atoms with Crippen molar-refractivity contribution in [1.82, 2.24) is 4.72 Å². The van der Waals surface area contributed by atoms with E-state index in [9.17, 15) is 21.6 Å². The van der Waals surface area contributed by atoms with Crippen molar-refractivity contribution >= 4 is 26.0 Å². The van der Waals surface area contributed by atoms with Crippen molar-refractivity contribution in [2.24, 2.45) is 0 Å². The lowest BCUT2D eigenvalue weighted by Crippen LogP contribution is -2.32. The highest BCUT2D eigenvalue weighted by Gasteiger charge is 2.29. The highest BCUT2D eigenvalue weighted by Crippen LogP contribution is 2.21. The first-order valence-corrected chi connectivity index (χ1v) is 9.16. The molecule has 1 aromatic rings. The molecular weight excluding hydrogens is 318 g/mol. The maximum absolute atomic E-state index is 12.1. The number of ether oxygens (including phenoxy) is 1. The first-order valence-electron chi connectivity index (χ1n) is 5.83. The van der Waals surface area contributed by atoms with Gasteiger partial charge in [0.05, 0.1) is 4.90 Å². The van der Waals surface area contributed by atoms with Crippen LogP contribution in [0.2, 0.25) is 0 Å². The molecule has 0 spiro atoms. The summed E-state index contributed by atoms with van der Waals surface area (Å²) in [5.41, 5.74) is -0.910. The second-order valence-corrected chi connectivity index (χ2v) is 8.82. The summed E-state index contributed by atoms with van der Waals surface area (Å²) in [6.07, 6.45) is -0.430. The molecule has 1 rings (SSSR count). The van der Waals surface area contributed by atoms with Gasteiger partial charge in [-0.2, -0.15) is 8.42 Å². The summed E-state index contributed by atoms with van der Waals surface area (Å²) in [6, 6.07) is 4.92. The Kier molecular flexibility index (Phi) is 4.69. The average Bonchev–Trinajstić information content (AvgIpc) is 2.24. The number of amides is 1. The molecular formula is C12H16NO6S2. The number of sulfonamides is 1. The van der Waals surface area contributed by atoms with E-state index in [4.69, 9.17) is 4.74 Å². The number of rotatable bonds is 3. The van der Waals surface area contributed by atoms with Crippen LogP contribution in [0.3, 0.4) is 0 Å². The summed E-state index contributed by atoms with van der Waals surface area (Å²) < 4.78 is 55.1. The normalized spacial score (nSPS) is 12.8. The van der Waals surface area contributed by atoms with Crippen LogP contribution in [0.15, 0.2) is 34.1 Å². The summed E-state index contributed by atoms with van der Waals surface area (Å²) in [7, 11) is -8.25. The first kappa shape index (κ1) is 17.4. The molecule has 0 aliphatic heterocycles. The van der Waals surface area contributed by atoms with Crippen LogP contribution in [0, 0.1) is 0 Å². The number of hydrogen-bond acceptors (Lipinski definition) is 6. The molecule has 21 heavy (non-hydrogen) atoms. The van der Waals surface area contributed by atoms with Crippen LogP contribution >= 0.6 is 0 Å². The van der Waals surface area contributed by atoms with Gasteiger partial charge in [-0.3, -0.25) is 0 Å². The lowest BCUT2D eigenvalue weighted by Gasteiger charge is -2.18. The molecule has 0 unspecified atom stereocenters. The van der Waals surface area contributed by atoms with Gasteiger partial charge >= 0.3 is 6.09 Å². The largest absolute Gasteiger partial charge is 0.445 e. The molecule has 117 valence electrons. The SMILES string of the molecule is CC(C)(C)OC(=O)[N]S(=O)(=O)c1ccccc1S(C)(=O)=O. The molecule has 9 heteroatoms. The second kappa shape index (κ2) is 5.64. The fourth-order valence-electron chi connectivity index (χ4n) is 1.40. The number of hydrogen-bond donors (Lipinski definition) is 0. The van der Waals surface area contributed by atoms with Gasteiger partial charge in [0, 0.05) is 6.26 Å². The van der Waals surface area contributed by atoms with E-state index in [2.05, 4.69) is 4.72 Å². The molecule has 1 amide bonds. The van der Waals surface area contributed by atoms with Crippen molar-refractivity contribution in [3.05, 3.63) is 24.3 Å². The molecule has 0 fully saturated rings. The van der Waals surface area contributed by atoms with Crippen LogP contribution in [-0.2, 0) is 24.6 Å². The molecule has 0 saturated carbocycles. The number of sulfone groups is 1. The zero-order valence-corrected chi connectivity index (χ0v) is 13.7. The molecule has 0 bridgehead atoms. The minimum absolute atomic E-state index is 0.419. The first-order chi connectivity index (χ1) is 9.33. The van der Waals surface area contributed by atoms with Crippen LogP contribution < -0.4 is 4.72 Å². The molecule has 0 N–H and O–H groups in total. The minimum atomic E-state index is -4.47. The summed E-state index contributed by atoms with van der Waals surface area (Å²) in [4.78, 5) is 10.5. The summed E-state index contributed by atoms with van der Waals surface area (Å²) >= 11 is 0. The topological polar surface area (TPSA) is 109 Å². The molecule has 0 heterocycles. The number of carbonyl (C=O) groups is 1. The fraction of sp³-hybridized carbons (Fsp3) is 0.417. The Hall–Kier alpha value is -1.61. The Morgan fingerprint density at radius 3 is 1.95 bits per heavy atom. The predicted octanol–water partition coefficient (Wildman–Crippen LogP) is 1.32. The Bertz CT molecular complexity index is 744. The van der Waals surface area contributed by atoms with Gasteiger partial charge in [-0.1, -0.05) is 16.9 Å². The lowest BCUT2D eigenvalue weighted by atomic mass is 10.2. The highest BCUT2D eigenvalue weighted by atomic mass is 32.2. The van der Waals surface area contributed by atoms with Crippen molar-refractivity contribution in [3.63, 3.8) is 0 Å². The van der Waals surface area contributed by atoms with Gasteiger partial charge in [0.2, 0.25) is 0 Å². The quantitative estimate of drug-likeness (QED) is 0.824. The summed E-state index contributed by atoms with van der Waals surface area (Å²) in [5.74, 6) is 0.